The molecule has 0 aliphatic carbocycles. The Labute approximate surface area is 154 Å². The number of anilines is 1. The van der Waals surface area contributed by atoms with Crippen molar-refractivity contribution in [1.29, 1.82) is 0 Å². The first-order chi connectivity index (χ1) is 12.2. The van der Waals surface area contributed by atoms with Crippen LogP contribution >= 0.6 is 0 Å². The van der Waals surface area contributed by atoms with E-state index in [1.54, 1.807) is 12.1 Å². The lowest BCUT2D eigenvalue weighted by atomic mass is 9.81. The highest BCUT2D eigenvalue weighted by molar-refractivity contribution is 5.90. The molecule has 2 aliphatic heterocycles. The summed E-state index contributed by atoms with van der Waals surface area (Å²) in [5.41, 5.74) is 0.0531. The third kappa shape index (κ3) is 4.17. The van der Waals surface area contributed by atoms with Gasteiger partial charge in [-0.25, -0.2) is 9.18 Å². The fraction of sp³-hybridized carbons (Fsp3) is 0.600. The minimum Gasteiger partial charge on any atom is -0.353 e. The van der Waals surface area contributed by atoms with Gasteiger partial charge in [0.1, 0.15) is 5.82 Å². The maximum absolute atomic E-state index is 13.4. The van der Waals surface area contributed by atoms with Gasteiger partial charge in [0, 0.05) is 29.2 Å². The number of halogens is 1. The molecule has 3 rings (SSSR count). The molecule has 26 heavy (non-hydrogen) atoms. The zero-order chi connectivity index (χ0) is 18.9. The van der Waals surface area contributed by atoms with Crippen LogP contribution in [0, 0.1) is 11.2 Å². The molecule has 5 nitrogen and oxygen atoms in total. The Morgan fingerprint density at radius 3 is 2.38 bits per heavy atom. The molecular formula is C20H28FN3O2. The topological polar surface area (TPSA) is 61.4 Å². The van der Waals surface area contributed by atoms with Gasteiger partial charge in [-0.15, -0.1) is 0 Å². The summed E-state index contributed by atoms with van der Waals surface area (Å²) in [6.45, 7) is 5.72. The van der Waals surface area contributed by atoms with Crippen LogP contribution in [0.3, 0.4) is 0 Å². The Bertz CT molecular complexity index is 672. The minimum atomic E-state index is -0.416. The van der Waals surface area contributed by atoms with E-state index in [1.807, 2.05) is 25.7 Å². The van der Waals surface area contributed by atoms with Crippen molar-refractivity contribution in [2.75, 3.05) is 5.32 Å². The number of carbonyl (C=O) groups is 2. The summed E-state index contributed by atoms with van der Waals surface area (Å²) in [7, 11) is 0. The number of benzene rings is 1. The third-order valence-corrected chi connectivity index (χ3v) is 5.30. The number of hydrogen-bond acceptors (Lipinski definition) is 2. The number of fused-ring (bicyclic) bond motifs is 2. The molecule has 0 aromatic heterocycles. The van der Waals surface area contributed by atoms with E-state index in [1.165, 1.54) is 12.1 Å². The molecule has 3 amide bonds. The van der Waals surface area contributed by atoms with E-state index in [0.29, 0.717) is 5.69 Å². The summed E-state index contributed by atoms with van der Waals surface area (Å²) in [5, 5.41) is 5.98. The van der Waals surface area contributed by atoms with Gasteiger partial charge >= 0.3 is 6.03 Å². The second-order valence-corrected chi connectivity index (χ2v) is 8.48. The van der Waals surface area contributed by atoms with Crippen molar-refractivity contribution in [3.05, 3.63) is 30.1 Å². The van der Waals surface area contributed by atoms with Crippen molar-refractivity contribution in [2.45, 2.75) is 71.0 Å². The molecule has 0 saturated carbocycles. The predicted octanol–water partition coefficient (Wildman–Crippen LogP) is 3.91. The third-order valence-electron chi connectivity index (χ3n) is 5.30. The number of nitrogens with one attached hydrogen (secondary N) is 2. The van der Waals surface area contributed by atoms with Crippen molar-refractivity contribution in [1.82, 2.24) is 10.2 Å². The van der Waals surface area contributed by atoms with Crippen LogP contribution in [0.5, 0.6) is 0 Å². The number of urea groups is 1. The van der Waals surface area contributed by atoms with E-state index in [-0.39, 0.29) is 35.9 Å². The molecule has 0 radical (unpaired) electrons. The van der Waals surface area contributed by atoms with Crippen LogP contribution in [0.25, 0.3) is 0 Å². The van der Waals surface area contributed by atoms with Gasteiger partial charge in [0.2, 0.25) is 5.91 Å². The lowest BCUT2D eigenvalue weighted by molar-refractivity contribution is -0.129. The molecular weight excluding hydrogens is 333 g/mol. The Morgan fingerprint density at radius 2 is 1.81 bits per heavy atom. The maximum atomic E-state index is 13.4. The fourth-order valence-corrected chi connectivity index (χ4v) is 3.99. The molecule has 2 N–H and O–H groups in total. The molecule has 1 aromatic rings. The zero-order valence-electron chi connectivity index (χ0n) is 15.7. The van der Waals surface area contributed by atoms with E-state index >= 15 is 0 Å². The first-order valence-electron chi connectivity index (χ1n) is 9.40. The highest BCUT2D eigenvalue weighted by Gasteiger charge is 2.41. The van der Waals surface area contributed by atoms with Crippen LogP contribution in [-0.4, -0.2) is 35.0 Å². The largest absolute Gasteiger partial charge is 0.353 e. The highest BCUT2D eigenvalue weighted by Crippen LogP contribution is 2.35. The first-order valence-corrected chi connectivity index (χ1v) is 9.40. The summed E-state index contributed by atoms with van der Waals surface area (Å²) >= 11 is 0. The van der Waals surface area contributed by atoms with Gasteiger partial charge in [-0.1, -0.05) is 26.8 Å². The van der Waals surface area contributed by atoms with Crippen LogP contribution < -0.4 is 10.6 Å². The van der Waals surface area contributed by atoms with Gasteiger partial charge < -0.3 is 15.5 Å². The smallest absolute Gasteiger partial charge is 0.322 e. The van der Waals surface area contributed by atoms with Crippen LogP contribution in [0.15, 0.2) is 24.3 Å². The molecule has 3 atom stereocenters. The molecule has 2 saturated heterocycles. The SMILES string of the molecule is CC(C)(C)C(=O)NC1C[C@H]2CCC[C@@H](C1)N2C(=O)Nc1cccc(F)c1. The monoisotopic (exact) mass is 361 g/mol. The predicted molar refractivity (Wildman–Crippen MR) is 99.3 cm³/mol. The van der Waals surface area contributed by atoms with Gasteiger partial charge in [0.25, 0.3) is 0 Å². The number of carbonyl (C=O) groups excluding carboxylic acids is 2. The van der Waals surface area contributed by atoms with Gasteiger partial charge in [-0.2, -0.15) is 0 Å². The molecule has 2 aliphatic rings. The Morgan fingerprint density at radius 1 is 1.15 bits per heavy atom. The maximum Gasteiger partial charge on any atom is 0.322 e. The molecule has 1 aromatic carbocycles. The van der Waals surface area contributed by atoms with Crippen molar-refractivity contribution >= 4 is 17.6 Å². The molecule has 2 heterocycles. The van der Waals surface area contributed by atoms with Gasteiger partial charge in [-0.05, 0) is 50.3 Å². The van der Waals surface area contributed by atoms with Crippen LogP contribution in [-0.2, 0) is 4.79 Å². The average molecular weight is 361 g/mol. The molecule has 1 unspecified atom stereocenters. The van der Waals surface area contributed by atoms with Gasteiger partial charge in [0.15, 0.2) is 0 Å². The highest BCUT2D eigenvalue weighted by atomic mass is 19.1. The molecule has 2 bridgehead atoms. The number of amides is 3. The normalized spacial score (nSPS) is 25.5. The lowest BCUT2D eigenvalue weighted by Gasteiger charge is -2.49. The zero-order valence-corrected chi connectivity index (χ0v) is 15.7. The quantitative estimate of drug-likeness (QED) is 0.839. The van der Waals surface area contributed by atoms with E-state index in [4.69, 9.17) is 0 Å². The number of piperidine rings is 2. The number of hydrogen-bond donors (Lipinski definition) is 2. The second kappa shape index (κ2) is 7.25. The minimum absolute atomic E-state index is 0.0539. The molecule has 6 heteroatoms. The molecule has 0 spiro atoms. The van der Waals surface area contributed by atoms with Crippen LogP contribution in [0.2, 0.25) is 0 Å². The Balaban J connectivity index is 1.67. The van der Waals surface area contributed by atoms with Crippen LogP contribution in [0.4, 0.5) is 14.9 Å². The summed E-state index contributed by atoms with van der Waals surface area (Å²) in [6.07, 6.45) is 4.52. The summed E-state index contributed by atoms with van der Waals surface area (Å²) in [4.78, 5) is 27.0. The molecule has 142 valence electrons. The summed E-state index contributed by atoms with van der Waals surface area (Å²) < 4.78 is 13.4. The van der Waals surface area contributed by atoms with E-state index in [2.05, 4.69) is 10.6 Å². The van der Waals surface area contributed by atoms with Gasteiger partial charge in [-0.3, -0.25) is 4.79 Å². The molecule has 2 fully saturated rings. The lowest BCUT2D eigenvalue weighted by Crippen LogP contribution is -2.60. The average Bonchev–Trinajstić information content (AvgIpc) is 2.53. The van der Waals surface area contributed by atoms with Crippen molar-refractivity contribution in [3.8, 4) is 0 Å². The van der Waals surface area contributed by atoms with Crippen LogP contribution in [0.1, 0.15) is 52.9 Å². The Kier molecular flexibility index (Phi) is 5.21. The number of nitrogens with zero attached hydrogens (tertiary/aromatic N) is 1. The van der Waals surface area contributed by atoms with Gasteiger partial charge in [0.05, 0.1) is 0 Å². The standard InChI is InChI=1S/C20H28FN3O2/c1-20(2,3)18(25)22-15-11-16-8-5-9-17(12-15)24(16)19(26)23-14-7-4-6-13(21)10-14/h4,6-7,10,15-17H,5,8-9,11-12H2,1-3H3,(H,22,25)(H,23,26)/t15?,16-,17+. The summed E-state index contributed by atoms with van der Waals surface area (Å²) in [5.74, 6) is -0.315. The van der Waals surface area contributed by atoms with Crippen molar-refractivity contribution < 1.29 is 14.0 Å². The van der Waals surface area contributed by atoms with E-state index in [0.717, 1.165) is 32.1 Å². The van der Waals surface area contributed by atoms with Crippen molar-refractivity contribution in [3.63, 3.8) is 0 Å². The van der Waals surface area contributed by atoms with Crippen molar-refractivity contribution in [2.24, 2.45) is 5.41 Å². The summed E-state index contributed by atoms with van der Waals surface area (Å²) in [6, 6.07) is 6.11. The fourth-order valence-electron chi connectivity index (χ4n) is 3.99. The van der Waals surface area contributed by atoms with E-state index < -0.39 is 5.41 Å². The first kappa shape index (κ1) is 18.7. The Hall–Kier alpha value is -2.11. The van der Waals surface area contributed by atoms with E-state index in [9.17, 15) is 14.0 Å². The second-order valence-electron chi connectivity index (χ2n) is 8.48. The number of rotatable bonds is 2.